The average Bonchev–Trinajstić information content (AvgIpc) is 3.03. The summed E-state index contributed by atoms with van der Waals surface area (Å²) in [6, 6.07) is 9.52. The predicted octanol–water partition coefficient (Wildman–Crippen LogP) is 2.46. The van der Waals surface area contributed by atoms with Crippen LogP contribution in [0, 0.1) is 0 Å². The molecular weight excluding hydrogens is 328 g/mol. The SMILES string of the molecule is CCOC(=O)CSc1nc2nccc(-c3ccc(OC)cc3)n2n1. The smallest absolute Gasteiger partial charge is 0.316 e. The van der Waals surface area contributed by atoms with E-state index in [2.05, 4.69) is 15.1 Å². The van der Waals surface area contributed by atoms with E-state index < -0.39 is 0 Å². The van der Waals surface area contributed by atoms with Crippen molar-refractivity contribution in [2.45, 2.75) is 12.1 Å². The average molecular weight is 344 g/mol. The summed E-state index contributed by atoms with van der Waals surface area (Å²) in [6.07, 6.45) is 1.68. The van der Waals surface area contributed by atoms with Gasteiger partial charge in [0, 0.05) is 11.8 Å². The number of carbonyl (C=O) groups is 1. The molecule has 124 valence electrons. The Bertz CT molecular complexity index is 848. The molecule has 0 aliphatic heterocycles. The maximum absolute atomic E-state index is 11.4. The number of aromatic nitrogens is 4. The molecule has 0 radical (unpaired) electrons. The molecule has 0 atom stereocenters. The summed E-state index contributed by atoms with van der Waals surface area (Å²) in [5.74, 6) is 1.15. The van der Waals surface area contributed by atoms with Gasteiger partial charge in [-0.1, -0.05) is 11.8 Å². The molecule has 0 aliphatic rings. The Balaban J connectivity index is 1.88. The van der Waals surface area contributed by atoms with Crippen LogP contribution in [0.1, 0.15) is 6.92 Å². The Kier molecular flexibility index (Phi) is 4.95. The first-order valence-electron chi connectivity index (χ1n) is 7.36. The first kappa shape index (κ1) is 16.3. The molecule has 3 aromatic rings. The van der Waals surface area contributed by atoms with Gasteiger partial charge in [-0.3, -0.25) is 4.79 Å². The largest absolute Gasteiger partial charge is 0.497 e. The van der Waals surface area contributed by atoms with E-state index >= 15 is 0 Å². The molecule has 7 nitrogen and oxygen atoms in total. The van der Waals surface area contributed by atoms with E-state index in [1.165, 1.54) is 11.8 Å². The van der Waals surface area contributed by atoms with Crippen molar-refractivity contribution in [3.05, 3.63) is 36.5 Å². The van der Waals surface area contributed by atoms with Gasteiger partial charge < -0.3 is 9.47 Å². The van der Waals surface area contributed by atoms with Crippen LogP contribution in [-0.4, -0.2) is 45.0 Å². The quantitative estimate of drug-likeness (QED) is 0.502. The summed E-state index contributed by atoms with van der Waals surface area (Å²) in [5.41, 5.74) is 1.83. The van der Waals surface area contributed by atoms with E-state index in [1.807, 2.05) is 30.3 Å². The van der Waals surface area contributed by atoms with Gasteiger partial charge in [0.1, 0.15) is 5.75 Å². The molecule has 2 heterocycles. The topological polar surface area (TPSA) is 78.6 Å². The zero-order chi connectivity index (χ0) is 16.9. The number of benzene rings is 1. The second-order valence-electron chi connectivity index (χ2n) is 4.76. The summed E-state index contributed by atoms with van der Waals surface area (Å²) >= 11 is 1.23. The van der Waals surface area contributed by atoms with Crippen LogP contribution in [0.25, 0.3) is 17.0 Å². The maximum atomic E-state index is 11.4. The van der Waals surface area contributed by atoms with Gasteiger partial charge in [-0.25, -0.2) is 4.98 Å². The van der Waals surface area contributed by atoms with Crippen LogP contribution < -0.4 is 4.74 Å². The number of rotatable bonds is 6. The summed E-state index contributed by atoms with van der Waals surface area (Å²) in [6.45, 7) is 2.14. The van der Waals surface area contributed by atoms with Crippen LogP contribution in [-0.2, 0) is 9.53 Å². The lowest BCUT2D eigenvalue weighted by atomic mass is 10.1. The summed E-state index contributed by atoms with van der Waals surface area (Å²) in [7, 11) is 1.63. The van der Waals surface area contributed by atoms with Crippen molar-refractivity contribution < 1.29 is 14.3 Å². The van der Waals surface area contributed by atoms with Gasteiger partial charge in [-0.05, 0) is 37.3 Å². The molecule has 3 rings (SSSR count). The molecular formula is C16H16N4O3S. The molecule has 0 saturated heterocycles. The minimum atomic E-state index is -0.287. The number of hydrogen-bond donors (Lipinski definition) is 0. The number of nitrogens with zero attached hydrogens (tertiary/aromatic N) is 4. The summed E-state index contributed by atoms with van der Waals surface area (Å²) in [5, 5.41) is 4.91. The molecule has 0 fully saturated rings. The lowest BCUT2D eigenvalue weighted by Crippen LogP contribution is -2.06. The van der Waals surface area contributed by atoms with Crippen molar-refractivity contribution >= 4 is 23.5 Å². The van der Waals surface area contributed by atoms with Crippen molar-refractivity contribution in [2.24, 2.45) is 0 Å². The molecule has 0 saturated carbocycles. The number of esters is 1. The minimum Gasteiger partial charge on any atom is -0.497 e. The van der Waals surface area contributed by atoms with Crippen molar-refractivity contribution in [3.63, 3.8) is 0 Å². The first-order valence-corrected chi connectivity index (χ1v) is 8.34. The van der Waals surface area contributed by atoms with Crippen molar-refractivity contribution in [1.82, 2.24) is 19.6 Å². The molecule has 2 aromatic heterocycles. The van der Waals surface area contributed by atoms with Crippen molar-refractivity contribution in [1.29, 1.82) is 0 Å². The molecule has 0 bridgehead atoms. The lowest BCUT2D eigenvalue weighted by Gasteiger charge is -2.04. The molecule has 0 amide bonds. The highest BCUT2D eigenvalue weighted by Gasteiger charge is 2.12. The molecule has 8 heteroatoms. The third-order valence-electron chi connectivity index (χ3n) is 3.23. The maximum Gasteiger partial charge on any atom is 0.316 e. The van der Waals surface area contributed by atoms with E-state index in [-0.39, 0.29) is 11.7 Å². The molecule has 24 heavy (non-hydrogen) atoms. The highest BCUT2D eigenvalue weighted by atomic mass is 32.2. The zero-order valence-electron chi connectivity index (χ0n) is 13.3. The van der Waals surface area contributed by atoms with Crippen LogP contribution in [0.2, 0.25) is 0 Å². The number of thioether (sulfide) groups is 1. The molecule has 0 N–H and O–H groups in total. The van der Waals surface area contributed by atoms with Crippen LogP contribution in [0.15, 0.2) is 41.7 Å². The van der Waals surface area contributed by atoms with E-state index in [4.69, 9.17) is 9.47 Å². The summed E-state index contributed by atoms with van der Waals surface area (Å²) in [4.78, 5) is 20.0. The number of fused-ring (bicyclic) bond motifs is 1. The van der Waals surface area contributed by atoms with E-state index in [0.29, 0.717) is 17.5 Å². The zero-order valence-corrected chi connectivity index (χ0v) is 14.1. The highest BCUT2D eigenvalue weighted by molar-refractivity contribution is 7.99. The fraction of sp³-hybridized carbons (Fsp3) is 0.250. The van der Waals surface area contributed by atoms with E-state index in [1.54, 1.807) is 24.7 Å². The number of hydrogen-bond acceptors (Lipinski definition) is 7. The second kappa shape index (κ2) is 7.31. The van der Waals surface area contributed by atoms with Crippen LogP contribution in [0.4, 0.5) is 0 Å². The Morgan fingerprint density at radius 3 is 2.75 bits per heavy atom. The number of carbonyl (C=O) groups excluding carboxylic acids is 1. The predicted molar refractivity (Wildman–Crippen MR) is 90.1 cm³/mol. The van der Waals surface area contributed by atoms with Gasteiger partial charge in [0.2, 0.25) is 5.16 Å². The second-order valence-corrected chi connectivity index (χ2v) is 5.70. The van der Waals surface area contributed by atoms with Gasteiger partial charge in [0.15, 0.2) is 0 Å². The molecule has 0 spiro atoms. The highest BCUT2D eigenvalue weighted by Crippen LogP contribution is 2.23. The fourth-order valence-electron chi connectivity index (χ4n) is 2.14. The molecule has 0 unspecified atom stereocenters. The normalized spacial score (nSPS) is 10.8. The van der Waals surface area contributed by atoms with Gasteiger partial charge in [0.05, 0.1) is 25.2 Å². The van der Waals surface area contributed by atoms with Crippen LogP contribution in [0.5, 0.6) is 5.75 Å². The first-order chi connectivity index (χ1) is 11.7. The van der Waals surface area contributed by atoms with Crippen molar-refractivity contribution in [3.8, 4) is 17.0 Å². The third-order valence-corrected chi connectivity index (χ3v) is 4.04. The fourth-order valence-corrected chi connectivity index (χ4v) is 2.76. The Morgan fingerprint density at radius 1 is 1.25 bits per heavy atom. The van der Waals surface area contributed by atoms with Gasteiger partial charge in [-0.15, -0.1) is 5.10 Å². The van der Waals surface area contributed by atoms with E-state index in [9.17, 15) is 4.79 Å². The number of methoxy groups -OCH3 is 1. The Labute approximate surface area is 143 Å². The summed E-state index contributed by atoms with van der Waals surface area (Å²) < 4.78 is 11.7. The van der Waals surface area contributed by atoms with Crippen LogP contribution >= 0.6 is 11.8 Å². The minimum absolute atomic E-state index is 0.169. The monoisotopic (exact) mass is 344 g/mol. The molecule has 0 aliphatic carbocycles. The third kappa shape index (κ3) is 3.48. The molecule has 1 aromatic carbocycles. The van der Waals surface area contributed by atoms with Crippen molar-refractivity contribution in [2.75, 3.05) is 19.5 Å². The Morgan fingerprint density at radius 2 is 2.04 bits per heavy atom. The van der Waals surface area contributed by atoms with Gasteiger partial charge in [0.25, 0.3) is 5.78 Å². The van der Waals surface area contributed by atoms with Crippen LogP contribution in [0.3, 0.4) is 0 Å². The number of ether oxygens (including phenoxy) is 2. The standard InChI is InChI=1S/C16H16N4O3S/c1-3-23-14(21)10-24-16-18-15-17-9-8-13(20(15)19-16)11-4-6-12(22-2)7-5-11/h4-9H,3,10H2,1-2H3. The lowest BCUT2D eigenvalue weighted by molar-refractivity contribution is -0.139. The Hall–Kier alpha value is -2.61. The van der Waals surface area contributed by atoms with Gasteiger partial charge in [-0.2, -0.15) is 9.50 Å². The van der Waals surface area contributed by atoms with E-state index in [0.717, 1.165) is 17.0 Å². The van der Waals surface area contributed by atoms with Gasteiger partial charge >= 0.3 is 5.97 Å².